The lowest BCUT2D eigenvalue weighted by Gasteiger charge is -2.04. The van der Waals surface area contributed by atoms with E-state index < -0.39 is 0 Å². The average molecular weight is 357 g/mol. The van der Waals surface area contributed by atoms with Gasteiger partial charge in [0.1, 0.15) is 6.33 Å². The highest BCUT2D eigenvalue weighted by molar-refractivity contribution is 5.82. The highest BCUT2D eigenvalue weighted by Crippen LogP contribution is 2.13. The molecule has 134 valence electrons. The number of hydrogen-bond donors (Lipinski definition) is 0. The fraction of sp³-hybridized carbons (Fsp3) is 0.143. The molecular formula is C21H19N5O. The summed E-state index contributed by atoms with van der Waals surface area (Å²) in [5.41, 5.74) is 4.43. The highest BCUT2D eigenvalue weighted by Gasteiger charge is 2.10. The molecule has 0 spiro atoms. The molecule has 0 saturated carbocycles. The number of fused-ring (bicyclic) bond motifs is 1. The molecule has 0 unspecified atom stereocenters. The van der Waals surface area contributed by atoms with Crippen molar-refractivity contribution in [1.29, 1.82) is 0 Å². The van der Waals surface area contributed by atoms with Gasteiger partial charge in [0.15, 0.2) is 0 Å². The van der Waals surface area contributed by atoms with Gasteiger partial charge in [-0.3, -0.25) is 9.48 Å². The maximum absolute atomic E-state index is 12.6. The largest absolute Gasteiger partial charge is 0.281 e. The van der Waals surface area contributed by atoms with Crippen LogP contribution >= 0.6 is 0 Å². The molecule has 0 bridgehead atoms. The zero-order valence-corrected chi connectivity index (χ0v) is 15.2. The summed E-state index contributed by atoms with van der Waals surface area (Å²) >= 11 is 0. The summed E-state index contributed by atoms with van der Waals surface area (Å²) in [6.45, 7) is 4.64. The van der Waals surface area contributed by atoms with E-state index in [1.807, 2.05) is 54.9 Å². The first kappa shape index (κ1) is 16.9. The van der Waals surface area contributed by atoms with Crippen LogP contribution in [0.2, 0.25) is 0 Å². The van der Waals surface area contributed by atoms with Crippen molar-refractivity contribution in [2.75, 3.05) is 0 Å². The van der Waals surface area contributed by atoms with Crippen molar-refractivity contribution in [2.24, 2.45) is 5.10 Å². The molecule has 0 radical (unpaired) electrons. The average Bonchev–Trinajstić information content (AvgIpc) is 2.95. The smallest absolute Gasteiger partial charge is 0.267 e. The molecule has 0 fully saturated rings. The van der Waals surface area contributed by atoms with Crippen molar-refractivity contribution in [2.45, 2.75) is 20.4 Å². The van der Waals surface area contributed by atoms with Gasteiger partial charge >= 0.3 is 0 Å². The first-order valence-corrected chi connectivity index (χ1v) is 8.72. The van der Waals surface area contributed by atoms with Gasteiger partial charge in [-0.2, -0.15) is 14.9 Å². The molecule has 0 aliphatic carbocycles. The minimum Gasteiger partial charge on any atom is -0.267 e. The third-order valence-corrected chi connectivity index (χ3v) is 4.57. The van der Waals surface area contributed by atoms with Gasteiger partial charge in [-0.15, -0.1) is 0 Å². The molecule has 2 heterocycles. The number of hydrogen-bond acceptors (Lipinski definition) is 4. The summed E-state index contributed by atoms with van der Waals surface area (Å²) in [6.07, 6.45) is 3.12. The van der Waals surface area contributed by atoms with Crippen LogP contribution in [0.25, 0.3) is 10.9 Å². The van der Waals surface area contributed by atoms with E-state index in [1.165, 1.54) is 16.6 Å². The van der Waals surface area contributed by atoms with Crippen molar-refractivity contribution >= 4 is 17.1 Å². The van der Waals surface area contributed by atoms with Gasteiger partial charge in [0, 0.05) is 11.3 Å². The molecule has 0 N–H and O–H groups in total. The lowest BCUT2D eigenvalue weighted by atomic mass is 10.2. The van der Waals surface area contributed by atoms with Crippen molar-refractivity contribution < 1.29 is 0 Å². The molecule has 0 saturated heterocycles. The van der Waals surface area contributed by atoms with E-state index in [4.69, 9.17) is 0 Å². The standard InChI is InChI=1S/C21H19N5O/c1-15-19(16(2)25(24-15)13-17-8-4-3-5-9-17)12-23-26-14-22-20-11-7-6-10-18(20)21(26)27/h3-12,14H,13H2,1-2H3. The van der Waals surface area contributed by atoms with E-state index in [9.17, 15) is 4.79 Å². The topological polar surface area (TPSA) is 65.1 Å². The van der Waals surface area contributed by atoms with Crippen molar-refractivity contribution in [3.63, 3.8) is 0 Å². The number of rotatable bonds is 4. The molecule has 6 heteroatoms. The van der Waals surface area contributed by atoms with Crippen LogP contribution in [-0.2, 0) is 6.54 Å². The molecule has 0 aliphatic rings. The molecular weight excluding hydrogens is 338 g/mol. The van der Waals surface area contributed by atoms with E-state index in [-0.39, 0.29) is 5.56 Å². The summed E-state index contributed by atoms with van der Waals surface area (Å²) in [6, 6.07) is 17.4. The van der Waals surface area contributed by atoms with Crippen LogP contribution < -0.4 is 5.56 Å². The van der Waals surface area contributed by atoms with E-state index >= 15 is 0 Å². The van der Waals surface area contributed by atoms with Gasteiger partial charge in [-0.05, 0) is 31.5 Å². The van der Waals surface area contributed by atoms with E-state index in [1.54, 1.807) is 12.3 Å². The Balaban J connectivity index is 1.67. The van der Waals surface area contributed by atoms with Gasteiger partial charge in [0.25, 0.3) is 5.56 Å². The quantitative estimate of drug-likeness (QED) is 0.527. The predicted octanol–water partition coefficient (Wildman–Crippen LogP) is 3.14. The summed E-state index contributed by atoms with van der Waals surface area (Å²) in [5.74, 6) is 0. The lowest BCUT2D eigenvalue weighted by molar-refractivity contribution is 0.659. The minimum atomic E-state index is -0.191. The second kappa shape index (κ2) is 6.99. The molecule has 2 aromatic heterocycles. The van der Waals surface area contributed by atoms with E-state index in [0.29, 0.717) is 17.4 Å². The highest BCUT2D eigenvalue weighted by atomic mass is 16.1. The SMILES string of the molecule is Cc1nn(Cc2ccccc2)c(C)c1C=Nn1cnc2ccccc2c1=O. The van der Waals surface area contributed by atoms with E-state index in [2.05, 4.69) is 27.3 Å². The Morgan fingerprint density at radius 2 is 1.78 bits per heavy atom. The fourth-order valence-electron chi connectivity index (χ4n) is 3.07. The normalized spacial score (nSPS) is 11.5. The van der Waals surface area contributed by atoms with Crippen LogP contribution in [0.3, 0.4) is 0 Å². The van der Waals surface area contributed by atoms with Crippen molar-refractivity contribution in [1.82, 2.24) is 19.4 Å². The van der Waals surface area contributed by atoms with E-state index in [0.717, 1.165) is 17.0 Å². The molecule has 4 aromatic rings. The number of aromatic nitrogens is 4. The molecule has 2 aromatic carbocycles. The van der Waals surface area contributed by atoms with Crippen molar-refractivity contribution in [3.05, 3.63) is 93.8 Å². The summed E-state index contributed by atoms with van der Waals surface area (Å²) < 4.78 is 3.21. The van der Waals surface area contributed by atoms with Crippen LogP contribution in [0, 0.1) is 13.8 Å². The predicted molar refractivity (Wildman–Crippen MR) is 106 cm³/mol. The molecule has 27 heavy (non-hydrogen) atoms. The molecule has 0 amide bonds. The monoisotopic (exact) mass is 357 g/mol. The minimum absolute atomic E-state index is 0.191. The van der Waals surface area contributed by atoms with Crippen LogP contribution in [0.4, 0.5) is 0 Å². The Hall–Kier alpha value is -3.54. The second-order valence-electron chi connectivity index (χ2n) is 6.38. The molecule has 0 atom stereocenters. The third-order valence-electron chi connectivity index (χ3n) is 4.57. The van der Waals surface area contributed by atoms with Gasteiger partial charge in [0.05, 0.1) is 29.4 Å². The number of nitrogens with zero attached hydrogens (tertiary/aromatic N) is 5. The maximum Gasteiger partial charge on any atom is 0.281 e. The maximum atomic E-state index is 12.6. The first-order chi connectivity index (χ1) is 13.1. The summed E-state index contributed by atoms with van der Waals surface area (Å²) in [5, 5.41) is 9.49. The van der Waals surface area contributed by atoms with Crippen LogP contribution in [0.1, 0.15) is 22.5 Å². The van der Waals surface area contributed by atoms with Gasteiger partial charge in [-0.25, -0.2) is 4.98 Å². The molecule has 4 rings (SSSR count). The lowest BCUT2D eigenvalue weighted by Crippen LogP contribution is -2.17. The Bertz CT molecular complexity index is 1190. The number of para-hydroxylation sites is 1. The van der Waals surface area contributed by atoms with Crippen molar-refractivity contribution in [3.8, 4) is 0 Å². The zero-order chi connectivity index (χ0) is 18.8. The second-order valence-corrected chi connectivity index (χ2v) is 6.38. The summed E-state index contributed by atoms with van der Waals surface area (Å²) in [7, 11) is 0. The Kier molecular flexibility index (Phi) is 4.38. The third kappa shape index (κ3) is 3.29. The number of aryl methyl sites for hydroxylation is 1. The Labute approximate surface area is 156 Å². The van der Waals surface area contributed by atoms with Crippen LogP contribution in [0.15, 0.2) is 70.8 Å². The summed E-state index contributed by atoms with van der Waals surface area (Å²) in [4.78, 5) is 16.8. The molecule has 6 nitrogen and oxygen atoms in total. The number of benzene rings is 2. The fourth-order valence-corrected chi connectivity index (χ4v) is 3.07. The zero-order valence-electron chi connectivity index (χ0n) is 15.2. The van der Waals surface area contributed by atoms with Crippen LogP contribution in [0.5, 0.6) is 0 Å². The van der Waals surface area contributed by atoms with Gasteiger partial charge in [0.2, 0.25) is 0 Å². The molecule has 0 aliphatic heterocycles. The first-order valence-electron chi connectivity index (χ1n) is 8.72. The van der Waals surface area contributed by atoms with Gasteiger partial charge < -0.3 is 0 Å². The Morgan fingerprint density at radius 3 is 2.59 bits per heavy atom. The van der Waals surface area contributed by atoms with Gasteiger partial charge in [-0.1, -0.05) is 42.5 Å². The Morgan fingerprint density at radius 1 is 1.04 bits per heavy atom. The van der Waals surface area contributed by atoms with Crippen LogP contribution in [-0.4, -0.2) is 25.7 Å².